The van der Waals surface area contributed by atoms with Gasteiger partial charge in [-0.05, 0) is 62.4 Å². The highest BCUT2D eigenvalue weighted by molar-refractivity contribution is 7.14. The summed E-state index contributed by atoms with van der Waals surface area (Å²) >= 11 is 1.20. The van der Waals surface area contributed by atoms with Crippen LogP contribution in [0.1, 0.15) is 79.4 Å². The Morgan fingerprint density at radius 1 is 1.05 bits per heavy atom. The number of aryl methyl sites for hydroxylation is 2. The number of hydrogen-bond donors (Lipinski definition) is 1. The molecule has 6 rings (SSSR count). The Bertz CT molecular complexity index is 1770. The maximum Gasteiger partial charge on any atom is 0.340 e. The minimum Gasteiger partial charge on any atom is -0.462 e. The maximum atomic E-state index is 14.1. The molecule has 4 heterocycles. The minimum atomic E-state index is -0.769. The molecule has 0 bridgehead atoms. The van der Waals surface area contributed by atoms with E-state index in [2.05, 4.69) is 5.32 Å². The fraction of sp³-hybridized carbons (Fsp3) is 0.273. The number of hydrogen-bond acceptors (Lipinski definition) is 6. The lowest BCUT2D eigenvalue weighted by Gasteiger charge is -2.17. The van der Waals surface area contributed by atoms with E-state index in [1.165, 1.54) is 29.5 Å². The van der Waals surface area contributed by atoms with Gasteiger partial charge in [0.05, 0.1) is 40.7 Å². The molecule has 11 heteroatoms. The molecule has 1 saturated heterocycles. The van der Waals surface area contributed by atoms with Crippen LogP contribution in [-0.4, -0.2) is 40.8 Å². The molecule has 7 nitrogen and oxygen atoms in total. The number of amides is 2. The van der Waals surface area contributed by atoms with Gasteiger partial charge in [-0.25, -0.2) is 18.0 Å². The molecule has 0 spiro atoms. The van der Waals surface area contributed by atoms with Crippen molar-refractivity contribution in [2.45, 2.75) is 45.2 Å². The fourth-order valence-electron chi connectivity index (χ4n) is 5.84. The van der Waals surface area contributed by atoms with Gasteiger partial charge in [-0.3, -0.25) is 14.6 Å². The van der Waals surface area contributed by atoms with Gasteiger partial charge in [-0.1, -0.05) is 18.2 Å². The molecule has 0 unspecified atom stereocenters. The van der Waals surface area contributed by atoms with E-state index < -0.39 is 23.5 Å². The third-order valence-electron chi connectivity index (χ3n) is 7.95. The molecule has 226 valence electrons. The third-order valence-corrected chi connectivity index (χ3v) is 8.90. The zero-order valence-corrected chi connectivity index (χ0v) is 24.6. The Labute approximate surface area is 255 Å². The average Bonchev–Trinajstić information content (AvgIpc) is 3.74. The van der Waals surface area contributed by atoms with Crippen LogP contribution < -0.4 is 5.32 Å². The minimum absolute atomic E-state index is 0.105. The summed E-state index contributed by atoms with van der Waals surface area (Å²) in [6.45, 7) is 2.22. The first-order valence-electron chi connectivity index (χ1n) is 14.4. The van der Waals surface area contributed by atoms with Gasteiger partial charge in [-0.2, -0.15) is 0 Å². The van der Waals surface area contributed by atoms with Gasteiger partial charge in [0.25, 0.3) is 11.8 Å². The summed E-state index contributed by atoms with van der Waals surface area (Å²) in [6.07, 6.45) is 2.40. The van der Waals surface area contributed by atoms with Crippen LogP contribution in [0.5, 0.6) is 0 Å². The van der Waals surface area contributed by atoms with E-state index in [-0.39, 0.29) is 47.6 Å². The molecule has 2 aliphatic heterocycles. The summed E-state index contributed by atoms with van der Waals surface area (Å²) in [6, 6.07) is 10.6. The molecule has 0 saturated carbocycles. The highest BCUT2D eigenvalue weighted by Crippen LogP contribution is 2.46. The monoisotopic (exact) mass is 619 g/mol. The van der Waals surface area contributed by atoms with Crippen LogP contribution in [0.25, 0.3) is 10.4 Å². The number of nitrogens with one attached hydrogen (secondary N) is 1. The van der Waals surface area contributed by atoms with E-state index in [0.29, 0.717) is 46.8 Å². The zero-order chi connectivity index (χ0) is 31.0. The van der Waals surface area contributed by atoms with Crippen molar-refractivity contribution < 1.29 is 32.3 Å². The molecular weight excluding hydrogens is 591 g/mol. The van der Waals surface area contributed by atoms with Crippen molar-refractivity contribution >= 4 is 29.1 Å². The number of ether oxygens (including phenoxy) is 1. The molecule has 1 atom stereocenters. The van der Waals surface area contributed by atoms with E-state index in [4.69, 9.17) is 9.72 Å². The number of benzene rings is 2. The molecule has 2 aromatic heterocycles. The Balaban J connectivity index is 1.40. The van der Waals surface area contributed by atoms with Crippen molar-refractivity contribution in [1.29, 1.82) is 0 Å². The number of nitrogens with zero attached hydrogens (tertiary/aromatic N) is 2. The summed E-state index contributed by atoms with van der Waals surface area (Å²) in [5.74, 6) is -3.17. The van der Waals surface area contributed by atoms with Gasteiger partial charge in [0, 0.05) is 40.5 Å². The predicted molar refractivity (Wildman–Crippen MR) is 158 cm³/mol. The van der Waals surface area contributed by atoms with Crippen LogP contribution in [0, 0.1) is 17.5 Å². The highest BCUT2D eigenvalue weighted by Gasteiger charge is 2.45. The van der Waals surface area contributed by atoms with Crippen molar-refractivity contribution in [2.75, 3.05) is 13.2 Å². The fourth-order valence-corrected chi connectivity index (χ4v) is 6.79. The molecule has 2 aromatic carbocycles. The topological polar surface area (TPSA) is 88.6 Å². The van der Waals surface area contributed by atoms with E-state index >= 15 is 0 Å². The Hall–Kier alpha value is -4.51. The summed E-state index contributed by atoms with van der Waals surface area (Å²) in [7, 11) is 0. The molecule has 4 aromatic rings. The van der Waals surface area contributed by atoms with Gasteiger partial charge >= 0.3 is 5.97 Å². The third kappa shape index (κ3) is 5.59. The van der Waals surface area contributed by atoms with Crippen molar-refractivity contribution in [3.63, 3.8) is 0 Å². The van der Waals surface area contributed by atoms with Crippen LogP contribution in [0.4, 0.5) is 13.2 Å². The number of thiophene rings is 1. The number of esters is 1. The van der Waals surface area contributed by atoms with Gasteiger partial charge in [0.15, 0.2) is 0 Å². The lowest BCUT2D eigenvalue weighted by molar-refractivity contribution is 0.0525. The van der Waals surface area contributed by atoms with Gasteiger partial charge in [0.1, 0.15) is 17.5 Å². The van der Waals surface area contributed by atoms with Crippen LogP contribution in [-0.2, 0) is 24.1 Å². The Morgan fingerprint density at radius 2 is 1.82 bits per heavy atom. The largest absolute Gasteiger partial charge is 0.462 e. The molecule has 2 aliphatic rings. The summed E-state index contributed by atoms with van der Waals surface area (Å²) in [5, 5.41) is 4.25. The first-order valence-corrected chi connectivity index (χ1v) is 15.2. The maximum absolute atomic E-state index is 14.1. The van der Waals surface area contributed by atoms with Crippen LogP contribution in [0.3, 0.4) is 0 Å². The van der Waals surface area contributed by atoms with E-state index in [9.17, 15) is 27.6 Å². The van der Waals surface area contributed by atoms with Crippen molar-refractivity contribution in [2.24, 2.45) is 0 Å². The van der Waals surface area contributed by atoms with Crippen molar-refractivity contribution in [1.82, 2.24) is 15.2 Å². The van der Waals surface area contributed by atoms with E-state index in [0.717, 1.165) is 30.5 Å². The molecular formula is C33H28F3N3O4S. The molecule has 1 fully saturated rings. The number of halogens is 3. The SMILES string of the molecule is CCOC(=O)c1c(CCc2ccc(F)cc2)nc2c(c1-c1cc(C(=O)NCc3ccc(F)cc3F)cs1)C(=O)N1CCC[C@@H]21. The lowest BCUT2D eigenvalue weighted by Crippen LogP contribution is -2.23. The van der Waals surface area contributed by atoms with Gasteiger partial charge in [0.2, 0.25) is 0 Å². The number of rotatable bonds is 9. The zero-order valence-electron chi connectivity index (χ0n) is 23.8. The molecule has 2 amide bonds. The first kappa shape index (κ1) is 29.6. The molecule has 0 aliphatic carbocycles. The molecule has 44 heavy (non-hydrogen) atoms. The average molecular weight is 620 g/mol. The second kappa shape index (κ2) is 12.2. The number of carbonyl (C=O) groups is 3. The number of aromatic nitrogens is 1. The van der Waals surface area contributed by atoms with Crippen molar-refractivity contribution in [3.05, 3.63) is 111 Å². The first-order chi connectivity index (χ1) is 21.2. The second-order valence-corrected chi connectivity index (χ2v) is 11.6. The molecule has 1 N–H and O–H groups in total. The number of pyridine rings is 1. The summed E-state index contributed by atoms with van der Waals surface area (Å²) < 4.78 is 46.4. The van der Waals surface area contributed by atoms with Crippen LogP contribution in [0.15, 0.2) is 53.9 Å². The standard InChI is InChI=1S/C33H28F3N3O4S/c1-2-43-33(42)27-24(12-7-18-5-9-21(34)10-6-18)38-30-25-4-3-13-39(25)32(41)29(30)28(27)26-14-20(17-44-26)31(40)37-16-19-8-11-22(35)15-23(19)36/h5-6,8-11,14-15,17,25H,2-4,7,12-13,16H2,1H3,(H,37,40)/t25-/m0/s1. The predicted octanol–water partition coefficient (Wildman–Crippen LogP) is 6.41. The summed E-state index contributed by atoms with van der Waals surface area (Å²) in [4.78, 5) is 47.6. The van der Waals surface area contributed by atoms with E-state index in [1.54, 1.807) is 35.4 Å². The number of carbonyl (C=O) groups excluding carboxylic acids is 3. The Kier molecular flexibility index (Phi) is 8.22. The van der Waals surface area contributed by atoms with E-state index in [1.807, 2.05) is 0 Å². The second-order valence-electron chi connectivity index (χ2n) is 10.7. The highest BCUT2D eigenvalue weighted by atomic mass is 32.1. The Morgan fingerprint density at radius 3 is 2.57 bits per heavy atom. The van der Waals surface area contributed by atoms with Crippen LogP contribution >= 0.6 is 11.3 Å². The van der Waals surface area contributed by atoms with Crippen LogP contribution in [0.2, 0.25) is 0 Å². The lowest BCUT2D eigenvalue weighted by atomic mass is 9.93. The quantitative estimate of drug-likeness (QED) is 0.219. The van der Waals surface area contributed by atoms with Gasteiger partial charge < -0.3 is 15.0 Å². The van der Waals surface area contributed by atoms with Crippen molar-refractivity contribution in [3.8, 4) is 10.4 Å². The normalized spacial score (nSPS) is 15.3. The number of fused-ring (bicyclic) bond motifs is 3. The molecule has 0 radical (unpaired) electrons. The van der Waals surface area contributed by atoms with Gasteiger partial charge in [-0.15, -0.1) is 11.3 Å². The summed E-state index contributed by atoms with van der Waals surface area (Å²) in [5.41, 5.74) is 3.21. The smallest absolute Gasteiger partial charge is 0.340 e.